The second kappa shape index (κ2) is 8.37. The number of carbonyl (C=O) groups excluding carboxylic acids is 1. The minimum absolute atomic E-state index is 0.0269. The van der Waals surface area contributed by atoms with Crippen molar-refractivity contribution in [3.05, 3.63) is 0 Å². The second-order valence-electron chi connectivity index (χ2n) is 6.38. The average Bonchev–Trinajstić information content (AvgIpc) is 3.00. The van der Waals surface area contributed by atoms with Gasteiger partial charge in [0, 0.05) is 19.1 Å². The van der Waals surface area contributed by atoms with E-state index >= 15 is 0 Å². The molecule has 0 aromatic rings. The minimum atomic E-state index is -0.796. The number of hydrogen-bond acceptors (Lipinski definition) is 3. The van der Waals surface area contributed by atoms with Crippen LogP contribution in [0.4, 0.5) is 0 Å². The summed E-state index contributed by atoms with van der Waals surface area (Å²) in [7, 11) is 0. The molecule has 0 radical (unpaired) electrons. The van der Waals surface area contributed by atoms with Gasteiger partial charge in [0.25, 0.3) is 0 Å². The maximum Gasteiger partial charge on any atom is 0.303 e. The zero-order chi connectivity index (χ0) is 15.1. The van der Waals surface area contributed by atoms with Crippen LogP contribution in [0.15, 0.2) is 0 Å². The largest absolute Gasteiger partial charge is 0.481 e. The number of aliphatic carboxylic acids is 1. The topological polar surface area (TPSA) is 75.6 Å². The van der Waals surface area contributed by atoms with Crippen molar-refractivity contribution in [3.63, 3.8) is 0 Å². The smallest absolute Gasteiger partial charge is 0.303 e. The quantitative estimate of drug-likeness (QED) is 0.757. The first-order valence-electron chi connectivity index (χ1n) is 8.29. The molecule has 120 valence electrons. The van der Waals surface area contributed by atoms with Crippen LogP contribution in [0.1, 0.15) is 64.2 Å². The molecule has 1 saturated heterocycles. The summed E-state index contributed by atoms with van der Waals surface area (Å²) < 4.78 is 5.40. The van der Waals surface area contributed by atoms with Crippen molar-refractivity contribution in [3.8, 4) is 0 Å². The van der Waals surface area contributed by atoms with E-state index in [-0.39, 0.29) is 24.5 Å². The van der Waals surface area contributed by atoms with Crippen LogP contribution in [0.2, 0.25) is 0 Å². The molecule has 2 N–H and O–H groups in total. The van der Waals surface area contributed by atoms with Crippen LogP contribution in [-0.4, -0.2) is 35.7 Å². The number of carboxylic acid groups (broad SMARTS) is 1. The first kappa shape index (κ1) is 16.3. The summed E-state index contributed by atoms with van der Waals surface area (Å²) in [4.78, 5) is 23.0. The molecule has 2 aliphatic rings. The zero-order valence-corrected chi connectivity index (χ0v) is 12.7. The van der Waals surface area contributed by atoms with E-state index in [0.29, 0.717) is 18.9 Å². The molecule has 2 atom stereocenters. The van der Waals surface area contributed by atoms with Crippen molar-refractivity contribution < 1.29 is 19.4 Å². The number of carboxylic acids is 1. The van der Waals surface area contributed by atoms with Gasteiger partial charge >= 0.3 is 5.97 Å². The Balaban J connectivity index is 1.83. The summed E-state index contributed by atoms with van der Waals surface area (Å²) >= 11 is 0. The van der Waals surface area contributed by atoms with Gasteiger partial charge in [0.2, 0.25) is 5.91 Å². The highest BCUT2D eigenvalue weighted by Gasteiger charge is 2.27. The third-order valence-corrected chi connectivity index (χ3v) is 4.62. The Labute approximate surface area is 126 Å². The standard InChI is InChI=1S/C16H27NO4/c18-15(19)9-8-13(11-12-5-2-1-3-6-12)17-16(20)14-7-4-10-21-14/h12-14H,1-11H2,(H,17,20)(H,18,19)/t13?,14-/m0/s1. The van der Waals surface area contributed by atoms with E-state index in [9.17, 15) is 9.59 Å². The lowest BCUT2D eigenvalue weighted by molar-refractivity contribution is -0.138. The molecule has 21 heavy (non-hydrogen) atoms. The molecule has 1 heterocycles. The fourth-order valence-electron chi connectivity index (χ4n) is 3.45. The lowest BCUT2D eigenvalue weighted by Crippen LogP contribution is -2.42. The third kappa shape index (κ3) is 5.65. The molecule has 1 amide bonds. The number of rotatable bonds is 7. The SMILES string of the molecule is O=C(O)CCC(CC1CCCCC1)NC(=O)[C@@H]1CCCO1. The van der Waals surface area contributed by atoms with Gasteiger partial charge in [0.15, 0.2) is 0 Å². The highest BCUT2D eigenvalue weighted by molar-refractivity contribution is 5.81. The number of amides is 1. The van der Waals surface area contributed by atoms with Gasteiger partial charge < -0.3 is 15.2 Å². The van der Waals surface area contributed by atoms with Crippen LogP contribution in [-0.2, 0) is 14.3 Å². The number of ether oxygens (including phenoxy) is 1. The Kier molecular flexibility index (Phi) is 6.49. The van der Waals surface area contributed by atoms with Crippen LogP contribution in [0.25, 0.3) is 0 Å². The summed E-state index contributed by atoms with van der Waals surface area (Å²) in [6.45, 7) is 0.653. The Hall–Kier alpha value is -1.10. The van der Waals surface area contributed by atoms with E-state index in [4.69, 9.17) is 9.84 Å². The van der Waals surface area contributed by atoms with Gasteiger partial charge in [-0.15, -0.1) is 0 Å². The van der Waals surface area contributed by atoms with Gasteiger partial charge in [-0.25, -0.2) is 0 Å². The molecular formula is C16H27NO4. The Morgan fingerprint density at radius 3 is 2.52 bits per heavy atom. The molecule has 1 aliphatic heterocycles. The van der Waals surface area contributed by atoms with Gasteiger partial charge in [0.1, 0.15) is 6.10 Å². The van der Waals surface area contributed by atoms with Gasteiger partial charge in [-0.1, -0.05) is 32.1 Å². The normalized spacial score (nSPS) is 24.7. The molecule has 1 unspecified atom stereocenters. The highest BCUT2D eigenvalue weighted by atomic mass is 16.5. The summed E-state index contributed by atoms with van der Waals surface area (Å²) in [6, 6.07) is -0.0269. The Morgan fingerprint density at radius 1 is 1.14 bits per heavy atom. The second-order valence-corrected chi connectivity index (χ2v) is 6.38. The van der Waals surface area contributed by atoms with E-state index in [1.807, 2.05) is 0 Å². The zero-order valence-electron chi connectivity index (χ0n) is 12.7. The first-order valence-corrected chi connectivity index (χ1v) is 8.29. The lowest BCUT2D eigenvalue weighted by atomic mass is 9.84. The van der Waals surface area contributed by atoms with E-state index < -0.39 is 5.97 Å². The molecule has 2 rings (SSSR count). The van der Waals surface area contributed by atoms with Crippen LogP contribution in [0.5, 0.6) is 0 Å². The molecule has 0 aromatic heterocycles. The fraction of sp³-hybridized carbons (Fsp3) is 0.875. The van der Waals surface area contributed by atoms with Gasteiger partial charge in [-0.05, 0) is 31.6 Å². The van der Waals surface area contributed by atoms with Crippen molar-refractivity contribution in [1.29, 1.82) is 0 Å². The molecule has 1 saturated carbocycles. The van der Waals surface area contributed by atoms with Crippen molar-refractivity contribution in [2.45, 2.75) is 76.4 Å². The predicted octanol–water partition coefficient (Wildman–Crippen LogP) is 2.49. The van der Waals surface area contributed by atoms with Crippen LogP contribution in [0, 0.1) is 5.92 Å². The molecule has 5 nitrogen and oxygen atoms in total. The third-order valence-electron chi connectivity index (χ3n) is 4.62. The van der Waals surface area contributed by atoms with Crippen LogP contribution in [0.3, 0.4) is 0 Å². The highest BCUT2D eigenvalue weighted by Crippen LogP contribution is 2.28. The molecule has 0 bridgehead atoms. The van der Waals surface area contributed by atoms with Crippen molar-refractivity contribution in [2.24, 2.45) is 5.92 Å². The lowest BCUT2D eigenvalue weighted by Gasteiger charge is -2.27. The van der Waals surface area contributed by atoms with Gasteiger partial charge in [-0.3, -0.25) is 9.59 Å². The molecular weight excluding hydrogens is 270 g/mol. The van der Waals surface area contributed by atoms with E-state index in [1.54, 1.807) is 0 Å². The molecule has 0 aromatic carbocycles. The summed E-state index contributed by atoms with van der Waals surface area (Å²) in [6.07, 6.45) is 9.16. The van der Waals surface area contributed by atoms with Crippen LogP contribution >= 0.6 is 0 Å². The number of nitrogens with one attached hydrogen (secondary N) is 1. The Bertz CT molecular complexity index is 346. The van der Waals surface area contributed by atoms with E-state index in [0.717, 1.165) is 19.3 Å². The minimum Gasteiger partial charge on any atom is -0.481 e. The fourth-order valence-corrected chi connectivity index (χ4v) is 3.45. The van der Waals surface area contributed by atoms with Crippen molar-refractivity contribution in [2.75, 3.05) is 6.61 Å². The monoisotopic (exact) mass is 297 g/mol. The van der Waals surface area contributed by atoms with Crippen LogP contribution < -0.4 is 5.32 Å². The van der Waals surface area contributed by atoms with Crippen molar-refractivity contribution in [1.82, 2.24) is 5.32 Å². The average molecular weight is 297 g/mol. The molecule has 5 heteroatoms. The first-order chi connectivity index (χ1) is 10.1. The number of carbonyl (C=O) groups is 2. The summed E-state index contributed by atoms with van der Waals surface area (Å²) in [5.74, 6) is -0.226. The summed E-state index contributed by atoms with van der Waals surface area (Å²) in [5.41, 5.74) is 0. The predicted molar refractivity (Wildman–Crippen MR) is 79.0 cm³/mol. The van der Waals surface area contributed by atoms with Gasteiger partial charge in [0.05, 0.1) is 0 Å². The van der Waals surface area contributed by atoms with E-state index in [2.05, 4.69) is 5.32 Å². The Morgan fingerprint density at radius 2 is 1.90 bits per heavy atom. The number of hydrogen-bond donors (Lipinski definition) is 2. The molecule has 0 spiro atoms. The molecule has 1 aliphatic carbocycles. The maximum absolute atomic E-state index is 12.2. The van der Waals surface area contributed by atoms with Gasteiger partial charge in [-0.2, -0.15) is 0 Å². The van der Waals surface area contributed by atoms with Crippen molar-refractivity contribution >= 4 is 11.9 Å². The summed E-state index contributed by atoms with van der Waals surface area (Å²) in [5, 5.41) is 11.9. The maximum atomic E-state index is 12.2. The molecule has 2 fully saturated rings. The van der Waals surface area contributed by atoms with E-state index in [1.165, 1.54) is 32.1 Å².